The fourth-order valence-corrected chi connectivity index (χ4v) is 2.70. The first kappa shape index (κ1) is 13.8. The summed E-state index contributed by atoms with van der Waals surface area (Å²) in [4.78, 5) is 12.0. The number of thiophene rings is 1. The number of nitrogens with one attached hydrogen (secondary N) is 1. The molecule has 4 nitrogen and oxygen atoms in total. The lowest BCUT2D eigenvalue weighted by atomic mass is 10.1. The van der Waals surface area contributed by atoms with Crippen LogP contribution in [0.1, 0.15) is 30.7 Å². The second-order valence-corrected chi connectivity index (χ2v) is 5.62. The molecule has 1 unspecified atom stereocenters. The van der Waals surface area contributed by atoms with E-state index in [1.54, 1.807) is 17.5 Å². The fraction of sp³-hybridized carbons (Fsp3) is 0.429. The lowest BCUT2D eigenvalue weighted by Gasteiger charge is -2.18. The average Bonchev–Trinajstić information content (AvgIpc) is 2.92. The lowest BCUT2D eigenvalue weighted by Crippen LogP contribution is -2.15. The summed E-state index contributed by atoms with van der Waals surface area (Å²) in [7, 11) is 3.89. The summed E-state index contributed by atoms with van der Waals surface area (Å²) < 4.78 is 0. The maximum absolute atomic E-state index is 4.51. The molecule has 19 heavy (non-hydrogen) atoms. The summed E-state index contributed by atoms with van der Waals surface area (Å²) in [6.45, 7) is 2.20. The minimum atomic E-state index is 0.329. The van der Waals surface area contributed by atoms with Crippen LogP contribution in [0.25, 0.3) is 0 Å². The van der Waals surface area contributed by atoms with E-state index in [2.05, 4.69) is 39.7 Å². The van der Waals surface area contributed by atoms with Crippen LogP contribution in [0.2, 0.25) is 0 Å². The molecule has 0 aliphatic rings. The Bertz CT molecular complexity index is 496. The van der Waals surface area contributed by atoms with Gasteiger partial charge in [-0.15, -0.1) is 11.3 Å². The number of anilines is 2. The Balaban J connectivity index is 2.15. The van der Waals surface area contributed by atoms with Crippen molar-refractivity contribution in [3.63, 3.8) is 0 Å². The molecule has 0 saturated heterocycles. The Morgan fingerprint density at radius 1 is 1.37 bits per heavy atom. The smallest absolute Gasteiger partial charge is 0.226 e. The summed E-state index contributed by atoms with van der Waals surface area (Å²) in [5.41, 5.74) is 0. The van der Waals surface area contributed by atoms with E-state index in [0.717, 1.165) is 24.6 Å². The zero-order valence-corrected chi connectivity index (χ0v) is 12.4. The van der Waals surface area contributed by atoms with Gasteiger partial charge in [-0.3, -0.25) is 0 Å². The summed E-state index contributed by atoms with van der Waals surface area (Å²) in [5.74, 6) is 1.61. The quantitative estimate of drug-likeness (QED) is 0.876. The Morgan fingerprint density at radius 2 is 2.21 bits per heavy atom. The first-order valence-electron chi connectivity index (χ1n) is 6.51. The monoisotopic (exact) mass is 276 g/mol. The van der Waals surface area contributed by atoms with Crippen molar-refractivity contribution < 1.29 is 0 Å². The average molecular weight is 276 g/mol. The summed E-state index contributed by atoms with van der Waals surface area (Å²) in [6, 6.07) is 6.51. The van der Waals surface area contributed by atoms with Gasteiger partial charge in [-0.1, -0.05) is 19.4 Å². The topological polar surface area (TPSA) is 41.1 Å². The van der Waals surface area contributed by atoms with Gasteiger partial charge in [-0.05, 0) is 23.9 Å². The number of hydrogen-bond acceptors (Lipinski definition) is 5. The molecule has 2 aromatic rings. The molecule has 0 bridgehead atoms. The molecule has 2 heterocycles. The van der Waals surface area contributed by atoms with Crippen LogP contribution >= 0.6 is 11.3 Å². The van der Waals surface area contributed by atoms with Crippen molar-refractivity contribution in [1.29, 1.82) is 0 Å². The molecular formula is C14H20N4S. The number of rotatable bonds is 6. The van der Waals surface area contributed by atoms with Crippen LogP contribution in [0.15, 0.2) is 29.8 Å². The number of nitrogens with zero attached hydrogens (tertiary/aromatic N) is 3. The predicted octanol–water partition coefficient (Wildman–Crippen LogP) is 3.56. The van der Waals surface area contributed by atoms with Crippen LogP contribution in [0.5, 0.6) is 0 Å². The largest absolute Gasteiger partial charge is 0.362 e. The van der Waals surface area contributed by atoms with Gasteiger partial charge in [0.05, 0.1) is 6.04 Å². The van der Waals surface area contributed by atoms with Crippen LogP contribution < -0.4 is 10.2 Å². The van der Waals surface area contributed by atoms with E-state index in [4.69, 9.17) is 0 Å². The third kappa shape index (κ3) is 3.67. The highest BCUT2D eigenvalue weighted by Gasteiger charge is 2.12. The predicted molar refractivity (Wildman–Crippen MR) is 81.9 cm³/mol. The highest BCUT2D eigenvalue weighted by molar-refractivity contribution is 7.10. The normalized spacial score (nSPS) is 12.2. The van der Waals surface area contributed by atoms with Crippen molar-refractivity contribution in [1.82, 2.24) is 9.97 Å². The van der Waals surface area contributed by atoms with Gasteiger partial charge < -0.3 is 10.2 Å². The van der Waals surface area contributed by atoms with Crippen molar-refractivity contribution in [2.45, 2.75) is 25.8 Å². The van der Waals surface area contributed by atoms with E-state index in [1.807, 2.05) is 25.1 Å². The van der Waals surface area contributed by atoms with Crippen molar-refractivity contribution in [2.75, 3.05) is 24.3 Å². The van der Waals surface area contributed by atoms with E-state index in [9.17, 15) is 0 Å². The Morgan fingerprint density at radius 3 is 2.84 bits per heavy atom. The molecule has 102 valence electrons. The summed E-state index contributed by atoms with van der Waals surface area (Å²) in [6.07, 6.45) is 4.03. The van der Waals surface area contributed by atoms with E-state index in [1.165, 1.54) is 4.88 Å². The molecule has 0 aliphatic heterocycles. The van der Waals surface area contributed by atoms with Gasteiger partial charge in [0.25, 0.3) is 0 Å². The third-order valence-electron chi connectivity index (χ3n) is 2.83. The van der Waals surface area contributed by atoms with E-state index in [-0.39, 0.29) is 0 Å². The number of hydrogen-bond donors (Lipinski definition) is 1. The minimum absolute atomic E-state index is 0.329. The Kier molecular flexibility index (Phi) is 4.74. The van der Waals surface area contributed by atoms with Gasteiger partial charge in [0.2, 0.25) is 5.95 Å². The zero-order valence-electron chi connectivity index (χ0n) is 11.6. The first-order valence-corrected chi connectivity index (χ1v) is 7.39. The molecule has 0 saturated carbocycles. The highest BCUT2D eigenvalue weighted by atomic mass is 32.1. The van der Waals surface area contributed by atoms with Crippen LogP contribution in [-0.4, -0.2) is 24.1 Å². The van der Waals surface area contributed by atoms with Crippen LogP contribution in [0.3, 0.4) is 0 Å². The van der Waals surface area contributed by atoms with Gasteiger partial charge in [-0.2, -0.15) is 4.98 Å². The van der Waals surface area contributed by atoms with E-state index < -0.39 is 0 Å². The second-order valence-electron chi connectivity index (χ2n) is 4.64. The highest BCUT2D eigenvalue weighted by Crippen LogP contribution is 2.26. The molecule has 0 spiro atoms. The van der Waals surface area contributed by atoms with Crippen molar-refractivity contribution in [2.24, 2.45) is 0 Å². The van der Waals surface area contributed by atoms with Gasteiger partial charge >= 0.3 is 0 Å². The van der Waals surface area contributed by atoms with Crippen LogP contribution in [-0.2, 0) is 0 Å². The fourth-order valence-electron chi connectivity index (χ4n) is 1.89. The van der Waals surface area contributed by atoms with Gasteiger partial charge in [0.1, 0.15) is 5.82 Å². The Labute approximate surface area is 118 Å². The Hall–Kier alpha value is -1.62. The van der Waals surface area contributed by atoms with E-state index >= 15 is 0 Å². The van der Waals surface area contributed by atoms with Crippen molar-refractivity contribution in [3.8, 4) is 0 Å². The zero-order chi connectivity index (χ0) is 13.7. The maximum atomic E-state index is 4.51. The standard InChI is InChI=1S/C14H20N4S/c1-4-6-11(12-7-5-10-19-12)16-13-8-9-15-14(17-13)18(2)3/h5,7-11H,4,6H2,1-3H3,(H,15,16,17). The van der Waals surface area contributed by atoms with E-state index in [0.29, 0.717) is 6.04 Å². The third-order valence-corrected chi connectivity index (χ3v) is 3.81. The molecule has 0 aliphatic carbocycles. The minimum Gasteiger partial charge on any atom is -0.362 e. The number of aromatic nitrogens is 2. The molecule has 1 atom stereocenters. The summed E-state index contributed by atoms with van der Waals surface area (Å²) in [5, 5.41) is 5.63. The van der Waals surface area contributed by atoms with Crippen LogP contribution in [0, 0.1) is 0 Å². The molecule has 0 amide bonds. The van der Waals surface area contributed by atoms with Crippen molar-refractivity contribution >= 4 is 23.1 Å². The SMILES string of the molecule is CCCC(Nc1ccnc(N(C)C)n1)c1cccs1. The second kappa shape index (κ2) is 6.52. The molecule has 1 N–H and O–H groups in total. The maximum Gasteiger partial charge on any atom is 0.226 e. The van der Waals surface area contributed by atoms with Crippen molar-refractivity contribution in [3.05, 3.63) is 34.7 Å². The molecule has 0 aromatic carbocycles. The molecular weight excluding hydrogens is 256 g/mol. The molecule has 0 fully saturated rings. The molecule has 2 aromatic heterocycles. The van der Waals surface area contributed by atoms with Gasteiger partial charge in [0.15, 0.2) is 0 Å². The molecule has 0 radical (unpaired) electrons. The van der Waals surface area contributed by atoms with Gasteiger partial charge in [-0.25, -0.2) is 4.98 Å². The van der Waals surface area contributed by atoms with Gasteiger partial charge in [0, 0.05) is 25.2 Å². The lowest BCUT2D eigenvalue weighted by molar-refractivity contribution is 0.684. The summed E-state index contributed by atoms with van der Waals surface area (Å²) >= 11 is 1.78. The molecule has 2 rings (SSSR count). The molecule has 5 heteroatoms. The first-order chi connectivity index (χ1) is 9.20. The van der Waals surface area contributed by atoms with Crippen LogP contribution in [0.4, 0.5) is 11.8 Å².